The van der Waals surface area contributed by atoms with E-state index in [1.54, 1.807) is 6.92 Å². The van der Waals surface area contributed by atoms with Gasteiger partial charge in [-0.25, -0.2) is 0 Å². The highest BCUT2D eigenvalue weighted by molar-refractivity contribution is 5.20. The summed E-state index contributed by atoms with van der Waals surface area (Å²) in [7, 11) is 0. The normalized spacial score (nSPS) is 54.4. The lowest BCUT2D eigenvalue weighted by Crippen LogP contribution is -2.61. The lowest BCUT2D eigenvalue weighted by atomic mass is 9.82. The van der Waals surface area contributed by atoms with Crippen LogP contribution in [0.2, 0.25) is 0 Å². The van der Waals surface area contributed by atoms with Gasteiger partial charge >= 0.3 is 0 Å². The minimum absolute atomic E-state index is 0.0525. The molecule has 0 aromatic heterocycles. The fourth-order valence-corrected chi connectivity index (χ4v) is 3.82. The molecular formula is C15H24O9. The van der Waals surface area contributed by atoms with E-state index in [1.807, 2.05) is 0 Å². The standard InChI is InChI=1S/C15H24O9/c1-14(4-9(17)15(21)2-3-22-6-8(14)15)24-13-12(20)11(19)10(18)7(5-16)23-13/h2-3,7-13,16-21H,4-6H2,1H3. The van der Waals surface area contributed by atoms with Crippen LogP contribution in [-0.4, -0.2) is 91.9 Å². The maximum atomic E-state index is 10.7. The van der Waals surface area contributed by atoms with E-state index in [2.05, 4.69) is 0 Å². The second kappa shape index (κ2) is 6.19. The van der Waals surface area contributed by atoms with Gasteiger partial charge in [0, 0.05) is 6.42 Å². The Morgan fingerprint density at radius 2 is 1.88 bits per heavy atom. The van der Waals surface area contributed by atoms with Gasteiger partial charge in [0.15, 0.2) is 6.29 Å². The molecule has 0 aromatic rings. The molecule has 2 fully saturated rings. The van der Waals surface area contributed by atoms with Crippen LogP contribution in [0.1, 0.15) is 13.3 Å². The van der Waals surface area contributed by atoms with Crippen molar-refractivity contribution in [2.45, 2.75) is 61.4 Å². The summed E-state index contributed by atoms with van der Waals surface area (Å²) < 4.78 is 16.4. The number of hydrogen-bond donors (Lipinski definition) is 6. The first-order chi connectivity index (χ1) is 11.2. The molecule has 0 spiro atoms. The minimum atomic E-state index is -1.56. The zero-order chi connectivity index (χ0) is 17.7. The Morgan fingerprint density at radius 3 is 2.54 bits per heavy atom. The Bertz CT molecular complexity index is 497. The highest BCUT2D eigenvalue weighted by Gasteiger charge is 2.62. The van der Waals surface area contributed by atoms with Gasteiger partial charge in [0.05, 0.1) is 37.1 Å². The molecule has 0 amide bonds. The monoisotopic (exact) mass is 348 g/mol. The van der Waals surface area contributed by atoms with E-state index in [0.717, 1.165) is 0 Å². The van der Waals surface area contributed by atoms with Crippen molar-refractivity contribution in [3.8, 4) is 0 Å². The van der Waals surface area contributed by atoms with Gasteiger partial charge in [-0.05, 0) is 13.0 Å². The summed E-state index contributed by atoms with van der Waals surface area (Å²) in [6.45, 7) is 1.17. The summed E-state index contributed by atoms with van der Waals surface area (Å²) >= 11 is 0. The zero-order valence-electron chi connectivity index (χ0n) is 13.2. The number of aliphatic hydroxyl groups is 6. The topological polar surface area (TPSA) is 149 Å². The third-order valence-corrected chi connectivity index (χ3v) is 5.36. The number of aliphatic hydroxyl groups excluding tert-OH is 5. The molecule has 1 saturated heterocycles. The molecule has 0 aromatic carbocycles. The Morgan fingerprint density at radius 1 is 1.17 bits per heavy atom. The summed E-state index contributed by atoms with van der Waals surface area (Å²) in [6, 6.07) is 0. The Hall–Kier alpha value is -0.780. The fourth-order valence-electron chi connectivity index (χ4n) is 3.82. The van der Waals surface area contributed by atoms with E-state index in [-0.39, 0.29) is 13.0 Å². The van der Waals surface area contributed by atoms with Crippen molar-refractivity contribution in [3.63, 3.8) is 0 Å². The smallest absolute Gasteiger partial charge is 0.187 e. The second-order valence-electron chi connectivity index (χ2n) is 6.92. The van der Waals surface area contributed by atoms with Crippen LogP contribution in [0.4, 0.5) is 0 Å². The molecule has 3 aliphatic rings. The predicted molar refractivity (Wildman–Crippen MR) is 77.4 cm³/mol. The molecule has 0 bridgehead atoms. The van der Waals surface area contributed by atoms with Gasteiger partial charge in [0.2, 0.25) is 0 Å². The maximum Gasteiger partial charge on any atom is 0.187 e. The fraction of sp³-hybridized carbons (Fsp3) is 0.867. The van der Waals surface area contributed by atoms with Crippen molar-refractivity contribution in [2.24, 2.45) is 5.92 Å². The minimum Gasteiger partial charge on any atom is -0.501 e. The van der Waals surface area contributed by atoms with Crippen LogP contribution in [0.25, 0.3) is 0 Å². The first kappa shape index (κ1) is 18.0. The van der Waals surface area contributed by atoms with Crippen molar-refractivity contribution >= 4 is 0 Å². The summed E-state index contributed by atoms with van der Waals surface area (Å²) in [5.74, 6) is -0.627. The second-order valence-corrected chi connectivity index (χ2v) is 6.92. The molecule has 2 aliphatic heterocycles. The molecule has 0 radical (unpaired) electrons. The van der Waals surface area contributed by atoms with Crippen LogP contribution >= 0.6 is 0 Å². The van der Waals surface area contributed by atoms with Gasteiger partial charge in [-0.2, -0.15) is 0 Å². The summed E-state index contributed by atoms with van der Waals surface area (Å²) in [6.07, 6.45) is -5.38. The molecule has 1 saturated carbocycles. The van der Waals surface area contributed by atoms with Gasteiger partial charge in [-0.3, -0.25) is 0 Å². The van der Waals surface area contributed by atoms with E-state index >= 15 is 0 Å². The average Bonchev–Trinajstić information content (AvgIpc) is 2.75. The van der Waals surface area contributed by atoms with Crippen molar-refractivity contribution in [2.75, 3.05) is 13.2 Å². The Kier molecular flexibility index (Phi) is 4.65. The van der Waals surface area contributed by atoms with Crippen molar-refractivity contribution in [1.29, 1.82) is 0 Å². The SMILES string of the molecule is CC1(OC2OC(CO)C(O)C(O)C2O)CC(O)C2(O)C=COCC12. The van der Waals surface area contributed by atoms with E-state index in [4.69, 9.17) is 14.2 Å². The molecule has 3 rings (SSSR count). The molecule has 9 atom stereocenters. The summed E-state index contributed by atoms with van der Waals surface area (Å²) in [4.78, 5) is 0. The lowest BCUT2D eigenvalue weighted by molar-refractivity contribution is -0.331. The Labute approximate surface area is 138 Å². The van der Waals surface area contributed by atoms with Gasteiger partial charge in [-0.15, -0.1) is 0 Å². The van der Waals surface area contributed by atoms with Crippen molar-refractivity contribution in [3.05, 3.63) is 12.3 Å². The van der Waals surface area contributed by atoms with Crippen LogP contribution in [0.3, 0.4) is 0 Å². The van der Waals surface area contributed by atoms with Gasteiger partial charge in [-0.1, -0.05) is 0 Å². The van der Waals surface area contributed by atoms with Crippen molar-refractivity contribution < 1.29 is 44.8 Å². The summed E-state index contributed by atoms with van der Waals surface area (Å²) in [5, 5.41) is 59.9. The molecular weight excluding hydrogens is 324 g/mol. The van der Waals surface area contributed by atoms with E-state index in [9.17, 15) is 30.6 Å². The van der Waals surface area contributed by atoms with Gasteiger partial charge < -0.3 is 44.8 Å². The van der Waals surface area contributed by atoms with Gasteiger partial charge in [0.1, 0.15) is 30.0 Å². The van der Waals surface area contributed by atoms with Crippen LogP contribution in [-0.2, 0) is 14.2 Å². The van der Waals surface area contributed by atoms with E-state index in [0.29, 0.717) is 0 Å². The highest BCUT2D eigenvalue weighted by Crippen LogP contribution is 2.49. The van der Waals surface area contributed by atoms with Crippen LogP contribution in [0.5, 0.6) is 0 Å². The number of hydrogen-bond acceptors (Lipinski definition) is 9. The molecule has 9 unspecified atom stereocenters. The first-order valence-corrected chi connectivity index (χ1v) is 7.91. The number of rotatable bonds is 3. The van der Waals surface area contributed by atoms with Crippen molar-refractivity contribution in [1.82, 2.24) is 0 Å². The van der Waals surface area contributed by atoms with Crippen LogP contribution in [0.15, 0.2) is 12.3 Å². The first-order valence-electron chi connectivity index (χ1n) is 7.91. The van der Waals surface area contributed by atoms with Crippen LogP contribution in [0, 0.1) is 5.92 Å². The largest absolute Gasteiger partial charge is 0.501 e. The maximum absolute atomic E-state index is 10.7. The number of ether oxygens (including phenoxy) is 3. The molecule has 138 valence electrons. The molecule has 6 N–H and O–H groups in total. The van der Waals surface area contributed by atoms with E-state index in [1.165, 1.54) is 12.3 Å². The average molecular weight is 348 g/mol. The molecule has 9 nitrogen and oxygen atoms in total. The third-order valence-electron chi connectivity index (χ3n) is 5.36. The van der Waals surface area contributed by atoms with Crippen LogP contribution < -0.4 is 0 Å². The third kappa shape index (κ3) is 2.65. The highest BCUT2D eigenvalue weighted by atomic mass is 16.7. The Balaban J connectivity index is 1.81. The molecule has 1 aliphatic carbocycles. The molecule has 24 heavy (non-hydrogen) atoms. The predicted octanol–water partition coefficient (Wildman–Crippen LogP) is -2.78. The van der Waals surface area contributed by atoms with E-state index < -0.39 is 60.5 Å². The molecule has 9 heteroatoms. The van der Waals surface area contributed by atoms with Gasteiger partial charge in [0.25, 0.3) is 0 Å². The quantitative estimate of drug-likeness (QED) is 0.318. The summed E-state index contributed by atoms with van der Waals surface area (Å²) in [5.41, 5.74) is -2.65. The molecule has 2 heterocycles. The number of fused-ring (bicyclic) bond motifs is 1. The zero-order valence-corrected chi connectivity index (χ0v) is 13.2. The lowest BCUT2D eigenvalue weighted by Gasteiger charge is -2.45.